The molecule has 0 radical (unpaired) electrons. The third-order valence-corrected chi connectivity index (χ3v) is 4.25. The molecule has 3 aromatic rings. The summed E-state index contributed by atoms with van der Waals surface area (Å²) < 4.78 is 11.9. The molecule has 1 heterocycles. The van der Waals surface area contributed by atoms with Crippen molar-refractivity contribution >= 4 is 28.3 Å². The number of hydrogen-bond acceptors (Lipinski definition) is 6. The molecule has 29 heavy (non-hydrogen) atoms. The number of hydrogen-bond donors (Lipinski definition) is 1. The van der Waals surface area contributed by atoms with Crippen LogP contribution in [-0.4, -0.2) is 34.4 Å². The van der Waals surface area contributed by atoms with Gasteiger partial charge in [0.25, 0.3) is 11.5 Å². The number of para-hydroxylation sites is 2. The van der Waals surface area contributed by atoms with Gasteiger partial charge in [-0.1, -0.05) is 30.3 Å². The zero-order valence-electron chi connectivity index (χ0n) is 16.3. The molecule has 0 aliphatic rings. The number of rotatable bonds is 6. The van der Waals surface area contributed by atoms with Gasteiger partial charge in [0, 0.05) is 12.4 Å². The largest absolute Gasteiger partial charge is 0.492 e. The lowest BCUT2D eigenvalue weighted by Crippen LogP contribution is -2.31. The zero-order valence-corrected chi connectivity index (χ0v) is 16.3. The second-order valence-electron chi connectivity index (χ2n) is 6.29. The highest BCUT2D eigenvalue weighted by Crippen LogP contribution is 2.24. The quantitative estimate of drug-likeness (QED) is 0.644. The van der Waals surface area contributed by atoms with E-state index in [0.717, 1.165) is 4.68 Å². The molecule has 1 amide bonds. The molecule has 3 rings (SSSR count). The van der Waals surface area contributed by atoms with Crippen LogP contribution in [0.2, 0.25) is 0 Å². The smallest absolute Gasteiger partial charge is 0.360 e. The molecule has 1 aromatic heterocycles. The summed E-state index contributed by atoms with van der Waals surface area (Å²) in [7, 11) is 1.45. The van der Waals surface area contributed by atoms with Gasteiger partial charge in [0.1, 0.15) is 5.75 Å². The fraction of sp³-hybridized carbons (Fsp3) is 0.238. The average molecular weight is 395 g/mol. The minimum absolute atomic E-state index is 0.0305. The molecular weight excluding hydrogens is 374 g/mol. The van der Waals surface area contributed by atoms with Crippen LogP contribution in [0, 0.1) is 0 Å². The average Bonchev–Trinajstić information content (AvgIpc) is 2.72. The van der Waals surface area contributed by atoms with Crippen molar-refractivity contribution in [2.24, 2.45) is 7.05 Å². The molecule has 0 fully saturated rings. The van der Waals surface area contributed by atoms with E-state index in [9.17, 15) is 14.4 Å². The molecule has 0 bridgehead atoms. The molecule has 0 saturated carbocycles. The monoisotopic (exact) mass is 395 g/mol. The van der Waals surface area contributed by atoms with Crippen LogP contribution >= 0.6 is 0 Å². The van der Waals surface area contributed by atoms with Gasteiger partial charge in [-0.2, -0.15) is 5.10 Å². The second-order valence-corrected chi connectivity index (χ2v) is 6.29. The van der Waals surface area contributed by atoms with E-state index in [-0.39, 0.29) is 11.3 Å². The van der Waals surface area contributed by atoms with Gasteiger partial charge in [0.15, 0.2) is 11.8 Å². The lowest BCUT2D eigenvalue weighted by molar-refractivity contribution is -0.123. The Hall–Kier alpha value is -3.68. The van der Waals surface area contributed by atoms with Crippen molar-refractivity contribution < 1.29 is 19.1 Å². The number of fused-ring (bicyclic) bond motifs is 1. The molecular formula is C21H21N3O5. The van der Waals surface area contributed by atoms with Crippen LogP contribution in [0.25, 0.3) is 10.8 Å². The van der Waals surface area contributed by atoms with Crippen molar-refractivity contribution in [1.82, 2.24) is 9.78 Å². The Morgan fingerprint density at radius 1 is 1.10 bits per heavy atom. The molecule has 0 aliphatic heterocycles. The first kappa shape index (κ1) is 20.1. The zero-order chi connectivity index (χ0) is 21.0. The Morgan fingerprint density at radius 2 is 1.76 bits per heavy atom. The van der Waals surface area contributed by atoms with Crippen LogP contribution in [0.3, 0.4) is 0 Å². The topological polar surface area (TPSA) is 99.5 Å². The minimum Gasteiger partial charge on any atom is -0.492 e. The predicted molar refractivity (Wildman–Crippen MR) is 108 cm³/mol. The fourth-order valence-corrected chi connectivity index (χ4v) is 2.81. The van der Waals surface area contributed by atoms with Gasteiger partial charge in [-0.05, 0) is 32.0 Å². The van der Waals surface area contributed by atoms with Crippen LogP contribution in [0.5, 0.6) is 5.75 Å². The first-order chi connectivity index (χ1) is 13.9. The normalized spacial score (nSPS) is 11.7. The maximum Gasteiger partial charge on any atom is 0.360 e. The van der Waals surface area contributed by atoms with Crippen molar-refractivity contribution in [2.45, 2.75) is 20.0 Å². The van der Waals surface area contributed by atoms with Crippen LogP contribution in [0.15, 0.2) is 53.3 Å². The molecule has 2 aromatic carbocycles. The maximum absolute atomic E-state index is 12.7. The lowest BCUT2D eigenvalue weighted by atomic mass is 10.1. The summed E-state index contributed by atoms with van der Waals surface area (Å²) in [5.74, 6) is -0.787. The predicted octanol–water partition coefficient (Wildman–Crippen LogP) is 2.52. The van der Waals surface area contributed by atoms with Gasteiger partial charge in [-0.25, -0.2) is 9.48 Å². The number of amides is 1. The Morgan fingerprint density at radius 3 is 2.48 bits per heavy atom. The van der Waals surface area contributed by atoms with E-state index in [4.69, 9.17) is 9.47 Å². The number of nitrogens with zero attached hydrogens (tertiary/aromatic N) is 2. The van der Waals surface area contributed by atoms with E-state index in [2.05, 4.69) is 10.4 Å². The van der Waals surface area contributed by atoms with Gasteiger partial charge in [0.2, 0.25) is 0 Å². The molecule has 0 unspecified atom stereocenters. The molecule has 8 nitrogen and oxygen atoms in total. The van der Waals surface area contributed by atoms with E-state index < -0.39 is 18.0 Å². The van der Waals surface area contributed by atoms with Crippen LogP contribution < -0.4 is 15.6 Å². The maximum atomic E-state index is 12.7. The number of aromatic nitrogens is 2. The van der Waals surface area contributed by atoms with Gasteiger partial charge in [0.05, 0.1) is 17.7 Å². The first-order valence-electron chi connectivity index (χ1n) is 9.12. The lowest BCUT2D eigenvalue weighted by Gasteiger charge is -2.16. The number of carbonyl (C=O) groups excluding carboxylic acids is 2. The van der Waals surface area contributed by atoms with Crippen molar-refractivity contribution in [3.8, 4) is 5.75 Å². The van der Waals surface area contributed by atoms with Crippen molar-refractivity contribution in [3.05, 3.63) is 64.6 Å². The number of anilines is 1. The van der Waals surface area contributed by atoms with Gasteiger partial charge < -0.3 is 14.8 Å². The van der Waals surface area contributed by atoms with E-state index in [1.165, 1.54) is 14.0 Å². The number of benzene rings is 2. The summed E-state index contributed by atoms with van der Waals surface area (Å²) in [6, 6.07) is 13.6. The number of esters is 1. The molecule has 1 atom stereocenters. The third-order valence-electron chi connectivity index (χ3n) is 4.25. The standard InChI is InChI=1S/C21H21N3O5/c1-4-28-17-12-8-7-11-16(17)22-19(25)13(2)29-21(27)18-14-9-5-6-10-15(14)20(26)24(3)23-18/h5-13H,4H2,1-3H3,(H,22,25)/t13-/m0/s1. The van der Waals surface area contributed by atoms with E-state index in [1.807, 2.05) is 6.92 Å². The van der Waals surface area contributed by atoms with Gasteiger partial charge >= 0.3 is 5.97 Å². The van der Waals surface area contributed by atoms with Crippen LogP contribution in [-0.2, 0) is 16.6 Å². The molecule has 8 heteroatoms. The van der Waals surface area contributed by atoms with E-state index >= 15 is 0 Å². The summed E-state index contributed by atoms with van der Waals surface area (Å²) >= 11 is 0. The van der Waals surface area contributed by atoms with Crippen molar-refractivity contribution in [1.29, 1.82) is 0 Å². The Balaban J connectivity index is 1.79. The fourth-order valence-electron chi connectivity index (χ4n) is 2.81. The Labute approximate surface area is 167 Å². The van der Waals surface area contributed by atoms with Crippen LogP contribution in [0.4, 0.5) is 5.69 Å². The number of aryl methyl sites for hydroxylation is 1. The second kappa shape index (κ2) is 8.55. The van der Waals surface area contributed by atoms with Gasteiger partial charge in [-0.3, -0.25) is 9.59 Å². The summed E-state index contributed by atoms with van der Waals surface area (Å²) in [5.41, 5.74) is 0.125. The highest BCUT2D eigenvalue weighted by Gasteiger charge is 2.23. The number of carbonyl (C=O) groups is 2. The molecule has 0 aliphatic carbocycles. The summed E-state index contributed by atoms with van der Waals surface area (Å²) in [4.78, 5) is 37.3. The highest BCUT2D eigenvalue weighted by atomic mass is 16.5. The SMILES string of the molecule is CCOc1ccccc1NC(=O)[C@H](C)OC(=O)c1nn(C)c(=O)c2ccccc12. The van der Waals surface area contributed by atoms with Crippen LogP contribution in [0.1, 0.15) is 24.3 Å². The first-order valence-corrected chi connectivity index (χ1v) is 9.12. The van der Waals surface area contributed by atoms with Crippen molar-refractivity contribution in [3.63, 3.8) is 0 Å². The van der Waals surface area contributed by atoms with E-state index in [0.29, 0.717) is 28.8 Å². The minimum atomic E-state index is -1.09. The summed E-state index contributed by atoms with van der Waals surface area (Å²) in [6.07, 6.45) is -1.09. The summed E-state index contributed by atoms with van der Waals surface area (Å²) in [6.45, 7) is 3.75. The number of ether oxygens (including phenoxy) is 2. The molecule has 1 N–H and O–H groups in total. The Bertz CT molecular complexity index is 1120. The third kappa shape index (κ3) is 4.26. The Kier molecular flexibility index (Phi) is 5.92. The molecule has 0 spiro atoms. The molecule has 150 valence electrons. The molecule has 0 saturated heterocycles. The van der Waals surface area contributed by atoms with E-state index in [1.54, 1.807) is 48.5 Å². The number of nitrogens with one attached hydrogen (secondary N) is 1. The van der Waals surface area contributed by atoms with Gasteiger partial charge in [-0.15, -0.1) is 0 Å². The summed E-state index contributed by atoms with van der Waals surface area (Å²) in [5, 5.41) is 7.42. The highest BCUT2D eigenvalue weighted by molar-refractivity contribution is 6.03. The van der Waals surface area contributed by atoms with Crippen molar-refractivity contribution in [2.75, 3.05) is 11.9 Å².